The Hall–Kier alpha value is -3.36. The van der Waals surface area contributed by atoms with Crippen LogP contribution >= 0.6 is 0 Å². The van der Waals surface area contributed by atoms with Crippen LogP contribution in [0.3, 0.4) is 0 Å². The van der Waals surface area contributed by atoms with Gasteiger partial charge in [-0.15, -0.1) is 0 Å². The molecular weight excluding hydrogens is 325 g/mol. The van der Waals surface area contributed by atoms with Crippen LogP contribution < -0.4 is 4.74 Å². The zero-order valence-electron chi connectivity index (χ0n) is 13.4. The van der Waals surface area contributed by atoms with E-state index in [2.05, 4.69) is 25.0 Å². The molecule has 0 amide bonds. The molecule has 0 atom stereocenters. The molecule has 0 saturated carbocycles. The summed E-state index contributed by atoms with van der Waals surface area (Å²) < 4.78 is 23.1. The SMILES string of the molecule is CCOc1c(Cn2ccnc2-c2ncccc2F)ncn2ncnc12. The monoisotopic (exact) mass is 339 g/mol. The molecule has 4 heterocycles. The highest BCUT2D eigenvalue weighted by molar-refractivity contribution is 5.55. The number of hydrogen-bond donors (Lipinski definition) is 0. The van der Waals surface area contributed by atoms with Crippen molar-refractivity contribution in [2.24, 2.45) is 0 Å². The second kappa shape index (κ2) is 6.27. The molecule has 0 aromatic carbocycles. The lowest BCUT2D eigenvalue weighted by atomic mass is 10.3. The Morgan fingerprint density at radius 3 is 2.92 bits per heavy atom. The van der Waals surface area contributed by atoms with Crippen LogP contribution in [0.4, 0.5) is 4.39 Å². The third kappa shape index (κ3) is 2.69. The van der Waals surface area contributed by atoms with Gasteiger partial charge in [-0.05, 0) is 19.1 Å². The smallest absolute Gasteiger partial charge is 0.201 e. The molecule has 8 nitrogen and oxygen atoms in total. The molecule has 25 heavy (non-hydrogen) atoms. The molecule has 4 aromatic rings. The maximum absolute atomic E-state index is 14.1. The minimum atomic E-state index is -0.430. The molecule has 4 aromatic heterocycles. The second-order valence-electron chi connectivity index (χ2n) is 5.19. The van der Waals surface area contributed by atoms with Gasteiger partial charge in [0.2, 0.25) is 5.65 Å². The van der Waals surface area contributed by atoms with Crippen molar-refractivity contribution in [3.8, 4) is 17.3 Å². The van der Waals surface area contributed by atoms with E-state index in [-0.39, 0.29) is 5.69 Å². The third-order valence-corrected chi connectivity index (χ3v) is 3.66. The van der Waals surface area contributed by atoms with Gasteiger partial charge >= 0.3 is 0 Å². The molecule has 0 aliphatic heterocycles. The standard InChI is InChI=1S/C16H14FN7O/c1-2-25-14-12(21-10-24-16(14)20-9-22-24)8-23-7-6-19-15(23)13-11(17)4-3-5-18-13/h3-7,9-10H,2,8H2,1H3. The van der Waals surface area contributed by atoms with Crippen molar-refractivity contribution < 1.29 is 9.13 Å². The molecule has 0 fully saturated rings. The van der Waals surface area contributed by atoms with Crippen LogP contribution in [0, 0.1) is 5.82 Å². The minimum Gasteiger partial charge on any atom is -0.488 e. The maximum Gasteiger partial charge on any atom is 0.201 e. The lowest BCUT2D eigenvalue weighted by molar-refractivity contribution is 0.335. The van der Waals surface area contributed by atoms with Gasteiger partial charge in [0, 0.05) is 18.6 Å². The summed E-state index contributed by atoms with van der Waals surface area (Å²) in [5, 5.41) is 4.06. The first-order valence-corrected chi connectivity index (χ1v) is 7.70. The third-order valence-electron chi connectivity index (χ3n) is 3.66. The molecule has 0 bridgehead atoms. The van der Waals surface area contributed by atoms with Gasteiger partial charge in [0.1, 0.15) is 24.0 Å². The van der Waals surface area contributed by atoms with Gasteiger partial charge in [0.25, 0.3) is 0 Å². The lowest BCUT2D eigenvalue weighted by Crippen LogP contribution is -2.09. The van der Waals surface area contributed by atoms with Gasteiger partial charge < -0.3 is 9.30 Å². The molecule has 0 aliphatic rings. The Balaban J connectivity index is 1.77. The quantitative estimate of drug-likeness (QED) is 0.553. The van der Waals surface area contributed by atoms with Crippen molar-refractivity contribution in [3.05, 3.63) is 54.9 Å². The fourth-order valence-electron chi connectivity index (χ4n) is 2.58. The van der Waals surface area contributed by atoms with Crippen molar-refractivity contribution >= 4 is 5.65 Å². The van der Waals surface area contributed by atoms with Gasteiger partial charge in [0.05, 0.1) is 13.2 Å². The topological polar surface area (TPSA) is 83.0 Å². The van der Waals surface area contributed by atoms with E-state index in [0.717, 1.165) is 0 Å². The van der Waals surface area contributed by atoms with E-state index in [4.69, 9.17) is 4.74 Å². The van der Waals surface area contributed by atoms with Crippen molar-refractivity contribution in [1.82, 2.24) is 34.1 Å². The summed E-state index contributed by atoms with van der Waals surface area (Å²) in [5.41, 5.74) is 1.42. The molecular formula is C16H14FN7O. The Morgan fingerprint density at radius 1 is 1.16 bits per heavy atom. The van der Waals surface area contributed by atoms with Gasteiger partial charge in [0.15, 0.2) is 17.4 Å². The number of aromatic nitrogens is 7. The molecule has 0 aliphatic carbocycles. The second-order valence-corrected chi connectivity index (χ2v) is 5.19. The van der Waals surface area contributed by atoms with Crippen molar-refractivity contribution in [1.29, 1.82) is 0 Å². The number of ether oxygens (including phenoxy) is 1. The van der Waals surface area contributed by atoms with Crippen molar-refractivity contribution in [2.45, 2.75) is 13.5 Å². The van der Waals surface area contributed by atoms with E-state index in [1.165, 1.54) is 18.6 Å². The zero-order valence-corrected chi connectivity index (χ0v) is 13.4. The first-order valence-electron chi connectivity index (χ1n) is 7.70. The van der Waals surface area contributed by atoms with E-state index in [0.29, 0.717) is 36.1 Å². The van der Waals surface area contributed by atoms with Crippen LogP contribution in [0.5, 0.6) is 5.75 Å². The van der Waals surface area contributed by atoms with Gasteiger partial charge in [-0.25, -0.2) is 24.3 Å². The Labute approximate surface area is 142 Å². The fraction of sp³-hybridized carbons (Fsp3) is 0.188. The first-order chi connectivity index (χ1) is 12.3. The Kier molecular flexibility index (Phi) is 3.81. The predicted octanol–water partition coefficient (Wildman–Crippen LogP) is 1.97. The highest BCUT2D eigenvalue weighted by Crippen LogP contribution is 2.25. The van der Waals surface area contributed by atoms with Crippen molar-refractivity contribution in [2.75, 3.05) is 6.61 Å². The number of imidazole rings is 1. The largest absolute Gasteiger partial charge is 0.488 e. The molecule has 126 valence electrons. The predicted molar refractivity (Wildman–Crippen MR) is 86.5 cm³/mol. The van der Waals surface area contributed by atoms with E-state index in [9.17, 15) is 4.39 Å². The molecule has 0 N–H and O–H groups in total. The Bertz CT molecular complexity index is 1030. The van der Waals surface area contributed by atoms with Gasteiger partial charge in [-0.1, -0.05) is 0 Å². The van der Waals surface area contributed by atoms with E-state index < -0.39 is 5.82 Å². The van der Waals surface area contributed by atoms with E-state index in [1.54, 1.807) is 33.9 Å². The number of rotatable bonds is 5. The summed E-state index contributed by atoms with van der Waals surface area (Å²) in [5.74, 6) is 0.535. The van der Waals surface area contributed by atoms with Crippen LogP contribution in [0.25, 0.3) is 17.2 Å². The normalized spacial score (nSPS) is 11.1. The van der Waals surface area contributed by atoms with Crippen LogP contribution in [0.15, 0.2) is 43.4 Å². The van der Waals surface area contributed by atoms with Crippen molar-refractivity contribution in [3.63, 3.8) is 0 Å². The molecule has 9 heteroatoms. The molecule has 0 radical (unpaired) electrons. The lowest BCUT2D eigenvalue weighted by Gasteiger charge is -2.12. The molecule has 4 rings (SSSR count). The maximum atomic E-state index is 14.1. The average molecular weight is 339 g/mol. The van der Waals surface area contributed by atoms with Crippen LogP contribution in [0.1, 0.15) is 12.6 Å². The number of fused-ring (bicyclic) bond motifs is 1. The molecule has 0 saturated heterocycles. The van der Waals surface area contributed by atoms with Crippen LogP contribution in [-0.4, -0.2) is 40.7 Å². The Morgan fingerprint density at radius 2 is 2.08 bits per heavy atom. The highest BCUT2D eigenvalue weighted by atomic mass is 19.1. The number of halogens is 1. The average Bonchev–Trinajstić information content (AvgIpc) is 3.27. The van der Waals surface area contributed by atoms with Gasteiger partial charge in [-0.3, -0.25) is 0 Å². The highest BCUT2D eigenvalue weighted by Gasteiger charge is 2.17. The summed E-state index contributed by atoms with van der Waals surface area (Å²) in [6.45, 7) is 2.69. The minimum absolute atomic E-state index is 0.189. The summed E-state index contributed by atoms with van der Waals surface area (Å²) in [6.07, 6.45) is 7.88. The number of pyridine rings is 1. The summed E-state index contributed by atoms with van der Waals surface area (Å²) >= 11 is 0. The number of hydrogen-bond acceptors (Lipinski definition) is 6. The summed E-state index contributed by atoms with van der Waals surface area (Å²) in [7, 11) is 0. The first kappa shape index (κ1) is 15.2. The summed E-state index contributed by atoms with van der Waals surface area (Å²) in [4.78, 5) is 16.9. The van der Waals surface area contributed by atoms with Crippen LogP contribution in [0.2, 0.25) is 0 Å². The van der Waals surface area contributed by atoms with E-state index >= 15 is 0 Å². The van der Waals surface area contributed by atoms with Gasteiger partial charge in [-0.2, -0.15) is 9.61 Å². The number of nitrogens with zero attached hydrogens (tertiary/aromatic N) is 7. The van der Waals surface area contributed by atoms with Crippen LogP contribution in [-0.2, 0) is 6.54 Å². The van der Waals surface area contributed by atoms with E-state index in [1.807, 2.05) is 6.92 Å². The molecule has 0 unspecified atom stereocenters. The fourth-order valence-corrected chi connectivity index (χ4v) is 2.58. The zero-order chi connectivity index (χ0) is 17.2. The molecule has 0 spiro atoms. The summed E-state index contributed by atoms with van der Waals surface area (Å²) in [6, 6.07) is 2.90.